The zero-order chi connectivity index (χ0) is 19.9. The lowest BCUT2D eigenvalue weighted by atomic mass is 10.2. The predicted octanol–water partition coefficient (Wildman–Crippen LogP) is 3.13. The molecule has 1 aromatic heterocycles. The highest BCUT2D eigenvalue weighted by atomic mass is 16.5. The minimum Gasteiger partial charge on any atom is -0.465 e. The maximum atomic E-state index is 12.3. The zero-order valence-corrected chi connectivity index (χ0v) is 14.8. The van der Waals surface area contributed by atoms with Crippen LogP contribution < -0.4 is 10.6 Å². The molecule has 28 heavy (non-hydrogen) atoms. The summed E-state index contributed by atoms with van der Waals surface area (Å²) in [6, 6.07) is 15.3. The SMILES string of the molecule is COC(=O)c1cccc(Nc2ncc(C(=O)Nc3cccc(C#N)c3)cn2)c1. The first-order chi connectivity index (χ1) is 13.6. The third-order valence-corrected chi connectivity index (χ3v) is 3.70. The van der Waals surface area contributed by atoms with E-state index in [0.717, 1.165) is 0 Å². The third-order valence-electron chi connectivity index (χ3n) is 3.70. The molecule has 3 aromatic rings. The van der Waals surface area contributed by atoms with E-state index in [1.54, 1.807) is 48.5 Å². The van der Waals surface area contributed by atoms with Gasteiger partial charge in [0.1, 0.15) is 0 Å². The Morgan fingerprint density at radius 1 is 1.00 bits per heavy atom. The number of hydrogen-bond acceptors (Lipinski definition) is 7. The first kappa shape index (κ1) is 18.5. The van der Waals surface area contributed by atoms with E-state index in [1.807, 2.05) is 6.07 Å². The first-order valence-corrected chi connectivity index (χ1v) is 8.18. The Morgan fingerprint density at radius 3 is 2.43 bits per heavy atom. The van der Waals surface area contributed by atoms with E-state index < -0.39 is 11.9 Å². The molecule has 3 rings (SSSR count). The van der Waals surface area contributed by atoms with Crippen molar-refractivity contribution in [3.63, 3.8) is 0 Å². The molecule has 1 heterocycles. The average Bonchev–Trinajstić information content (AvgIpc) is 2.74. The Hall–Kier alpha value is -4.25. The number of benzene rings is 2. The van der Waals surface area contributed by atoms with Gasteiger partial charge in [0.2, 0.25) is 5.95 Å². The van der Waals surface area contributed by atoms with Crippen molar-refractivity contribution in [2.75, 3.05) is 17.7 Å². The number of anilines is 3. The summed E-state index contributed by atoms with van der Waals surface area (Å²) >= 11 is 0. The highest BCUT2D eigenvalue weighted by Crippen LogP contribution is 2.16. The van der Waals surface area contributed by atoms with Crippen LogP contribution in [0.5, 0.6) is 0 Å². The van der Waals surface area contributed by atoms with Gasteiger partial charge in [-0.25, -0.2) is 14.8 Å². The number of carbonyl (C=O) groups is 2. The molecular weight excluding hydrogens is 358 g/mol. The molecule has 0 unspecified atom stereocenters. The fraction of sp³-hybridized carbons (Fsp3) is 0.0500. The Labute approximate surface area is 160 Å². The monoisotopic (exact) mass is 373 g/mol. The molecule has 0 saturated carbocycles. The molecule has 0 aliphatic rings. The molecule has 0 saturated heterocycles. The molecule has 0 atom stereocenters. The molecule has 0 aliphatic heterocycles. The normalized spacial score (nSPS) is 9.86. The molecule has 0 radical (unpaired) electrons. The lowest BCUT2D eigenvalue weighted by Gasteiger charge is -2.08. The van der Waals surface area contributed by atoms with Crippen molar-refractivity contribution >= 4 is 29.2 Å². The van der Waals surface area contributed by atoms with Crippen molar-refractivity contribution in [2.45, 2.75) is 0 Å². The van der Waals surface area contributed by atoms with Crippen molar-refractivity contribution in [3.05, 3.63) is 77.6 Å². The van der Waals surface area contributed by atoms with Gasteiger partial charge in [0.15, 0.2) is 0 Å². The van der Waals surface area contributed by atoms with Gasteiger partial charge in [-0.2, -0.15) is 5.26 Å². The number of nitriles is 1. The number of nitrogens with zero attached hydrogens (tertiary/aromatic N) is 3. The Kier molecular flexibility index (Phi) is 5.58. The second-order valence-electron chi connectivity index (χ2n) is 5.64. The van der Waals surface area contributed by atoms with Crippen LogP contribution in [0.15, 0.2) is 60.9 Å². The molecule has 8 heteroatoms. The predicted molar refractivity (Wildman–Crippen MR) is 102 cm³/mol. The van der Waals surface area contributed by atoms with Gasteiger partial charge in [-0.3, -0.25) is 4.79 Å². The van der Waals surface area contributed by atoms with Crippen molar-refractivity contribution < 1.29 is 14.3 Å². The van der Waals surface area contributed by atoms with Gasteiger partial charge in [-0.15, -0.1) is 0 Å². The summed E-state index contributed by atoms with van der Waals surface area (Å²) in [5.41, 5.74) is 2.21. The van der Waals surface area contributed by atoms with Gasteiger partial charge in [0.05, 0.1) is 29.9 Å². The van der Waals surface area contributed by atoms with Gasteiger partial charge >= 0.3 is 5.97 Å². The highest BCUT2D eigenvalue weighted by molar-refractivity contribution is 6.04. The summed E-state index contributed by atoms with van der Waals surface area (Å²) in [4.78, 5) is 32.1. The standard InChI is InChI=1S/C20H15N5O3/c1-28-19(27)14-5-3-7-17(9-14)25-20-22-11-15(12-23-20)18(26)24-16-6-2-4-13(8-16)10-21/h2-9,11-12H,1H3,(H,24,26)(H,22,23,25). The molecule has 2 aromatic carbocycles. The minimum atomic E-state index is -0.447. The number of rotatable bonds is 5. The van der Waals surface area contributed by atoms with Crippen LogP contribution >= 0.6 is 0 Å². The number of amides is 1. The van der Waals surface area contributed by atoms with E-state index in [9.17, 15) is 9.59 Å². The number of hydrogen-bond donors (Lipinski definition) is 2. The van der Waals surface area contributed by atoms with Crippen molar-refractivity contribution in [1.29, 1.82) is 5.26 Å². The maximum Gasteiger partial charge on any atom is 0.337 e. The molecule has 8 nitrogen and oxygen atoms in total. The molecular formula is C20H15N5O3. The van der Waals surface area contributed by atoms with Gasteiger partial charge in [0, 0.05) is 23.8 Å². The molecule has 2 N–H and O–H groups in total. The number of carbonyl (C=O) groups excluding carboxylic acids is 2. The molecule has 0 fully saturated rings. The van der Waals surface area contributed by atoms with Crippen LogP contribution in [0.25, 0.3) is 0 Å². The quantitative estimate of drug-likeness (QED) is 0.660. The largest absolute Gasteiger partial charge is 0.465 e. The first-order valence-electron chi connectivity index (χ1n) is 8.18. The Balaban J connectivity index is 1.68. The molecule has 138 valence electrons. The summed E-state index contributed by atoms with van der Waals surface area (Å²) in [6.45, 7) is 0. The van der Waals surface area contributed by atoms with E-state index in [1.165, 1.54) is 19.5 Å². The summed E-state index contributed by atoms with van der Waals surface area (Å²) in [5.74, 6) is -0.573. The highest BCUT2D eigenvalue weighted by Gasteiger charge is 2.09. The number of methoxy groups -OCH3 is 1. The van der Waals surface area contributed by atoms with Crippen LogP contribution in [0, 0.1) is 11.3 Å². The van der Waals surface area contributed by atoms with Crippen molar-refractivity contribution in [3.8, 4) is 6.07 Å². The zero-order valence-electron chi connectivity index (χ0n) is 14.8. The average molecular weight is 373 g/mol. The van der Waals surface area contributed by atoms with Crippen molar-refractivity contribution in [1.82, 2.24) is 9.97 Å². The molecule has 0 bridgehead atoms. The maximum absolute atomic E-state index is 12.3. The van der Waals surface area contributed by atoms with Gasteiger partial charge in [-0.1, -0.05) is 12.1 Å². The number of nitrogens with one attached hydrogen (secondary N) is 2. The van der Waals surface area contributed by atoms with Crippen LogP contribution in [-0.4, -0.2) is 29.0 Å². The van der Waals surface area contributed by atoms with E-state index in [2.05, 4.69) is 25.3 Å². The minimum absolute atomic E-state index is 0.260. The molecule has 1 amide bonds. The van der Waals surface area contributed by atoms with Crippen LogP contribution in [0.4, 0.5) is 17.3 Å². The van der Waals surface area contributed by atoms with Crippen LogP contribution in [0.1, 0.15) is 26.3 Å². The fourth-order valence-electron chi connectivity index (χ4n) is 2.35. The second kappa shape index (κ2) is 8.42. The van der Waals surface area contributed by atoms with E-state index in [-0.39, 0.29) is 11.5 Å². The van der Waals surface area contributed by atoms with Crippen LogP contribution in [0.3, 0.4) is 0 Å². The van der Waals surface area contributed by atoms with Crippen LogP contribution in [-0.2, 0) is 4.74 Å². The summed E-state index contributed by atoms with van der Waals surface area (Å²) in [6.07, 6.45) is 2.76. The second-order valence-corrected chi connectivity index (χ2v) is 5.64. The topological polar surface area (TPSA) is 117 Å². The van der Waals surface area contributed by atoms with E-state index in [4.69, 9.17) is 5.26 Å². The number of esters is 1. The number of ether oxygens (including phenoxy) is 1. The Bertz CT molecular complexity index is 1060. The Morgan fingerprint density at radius 2 is 1.71 bits per heavy atom. The third kappa shape index (κ3) is 4.47. The van der Waals surface area contributed by atoms with Gasteiger partial charge in [-0.05, 0) is 36.4 Å². The molecule has 0 spiro atoms. The number of aromatic nitrogens is 2. The van der Waals surface area contributed by atoms with Crippen LogP contribution in [0.2, 0.25) is 0 Å². The fourth-order valence-corrected chi connectivity index (χ4v) is 2.35. The van der Waals surface area contributed by atoms with E-state index >= 15 is 0 Å². The molecule has 0 aliphatic carbocycles. The van der Waals surface area contributed by atoms with Gasteiger partial charge in [0.25, 0.3) is 5.91 Å². The van der Waals surface area contributed by atoms with E-state index in [0.29, 0.717) is 22.5 Å². The summed E-state index contributed by atoms with van der Waals surface area (Å²) < 4.78 is 4.69. The lowest BCUT2D eigenvalue weighted by Crippen LogP contribution is -2.13. The van der Waals surface area contributed by atoms with Crippen molar-refractivity contribution in [2.24, 2.45) is 0 Å². The lowest BCUT2D eigenvalue weighted by molar-refractivity contribution is 0.0600. The smallest absolute Gasteiger partial charge is 0.337 e. The van der Waals surface area contributed by atoms with Gasteiger partial charge < -0.3 is 15.4 Å². The summed E-state index contributed by atoms with van der Waals surface area (Å²) in [7, 11) is 1.31. The summed E-state index contributed by atoms with van der Waals surface area (Å²) in [5, 5.41) is 14.6.